The molecule has 31 heavy (non-hydrogen) atoms. The molecule has 160 valence electrons. The van der Waals surface area contributed by atoms with Crippen LogP contribution in [-0.2, 0) is 17.8 Å². The van der Waals surface area contributed by atoms with Gasteiger partial charge in [-0.25, -0.2) is 9.18 Å². The van der Waals surface area contributed by atoms with E-state index in [0.717, 1.165) is 11.1 Å². The number of rotatable bonds is 6. The van der Waals surface area contributed by atoms with Gasteiger partial charge in [0.2, 0.25) is 11.7 Å². The van der Waals surface area contributed by atoms with E-state index in [9.17, 15) is 14.0 Å². The number of carboxylic acid groups (broad SMARTS) is 1. The molecule has 6 nitrogen and oxygen atoms in total. The number of amides is 1. The Morgan fingerprint density at radius 2 is 2.03 bits per heavy atom. The van der Waals surface area contributed by atoms with E-state index in [1.807, 2.05) is 31.2 Å². The fraction of sp³-hybridized carbons (Fsp3) is 0.250. The van der Waals surface area contributed by atoms with Crippen molar-refractivity contribution in [1.82, 2.24) is 4.90 Å². The molecule has 0 aliphatic carbocycles. The third kappa shape index (κ3) is 4.30. The molecule has 0 spiro atoms. The Hall–Kier alpha value is -3.61. The second-order valence-electron chi connectivity index (χ2n) is 7.37. The number of furan rings is 1. The van der Waals surface area contributed by atoms with Gasteiger partial charge >= 0.3 is 5.97 Å². The first-order valence-electron chi connectivity index (χ1n) is 10.1. The highest BCUT2D eigenvalue weighted by molar-refractivity contribution is 5.84. The van der Waals surface area contributed by atoms with Crippen LogP contribution in [0, 0.1) is 5.82 Å². The van der Waals surface area contributed by atoms with Crippen molar-refractivity contribution in [2.24, 2.45) is 0 Å². The van der Waals surface area contributed by atoms with E-state index in [0.29, 0.717) is 36.5 Å². The summed E-state index contributed by atoms with van der Waals surface area (Å²) in [4.78, 5) is 25.4. The lowest BCUT2D eigenvalue weighted by Crippen LogP contribution is -2.40. The summed E-state index contributed by atoms with van der Waals surface area (Å²) in [6, 6.07) is 14.5. The lowest BCUT2D eigenvalue weighted by molar-refractivity contribution is -0.132. The number of hydrogen-bond acceptors (Lipinski definition) is 4. The maximum Gasteiger partial charge on any atom is 0.371 e. The van der Waals surface area contributed by atoms with Crippen LogP contribution in [0.5, 0.6) is 5.75 Å². The number of halogens is 1. The molecule has 1 aliphatic rings. The molecule has 0 saturated heterocycles. The molecule has 0 fully saturated rings. The molecular weight excluding hydrogens is 401 g/mol. The first kappa shape index (κ1) is 20.7. The SMILES string of the molecule is CCC(=O)N1CCc2ccc(OCc3ccc(C(=O)O)o3)cc2C1c1cccc(F)c1. The minimum Gasteiger partial charge on any atom is -0.486 e. The van der Waals surface area contributed by atoms with E-state index in [4.69, 9.17) is 14.3 Å². The standard InChI is InChI=1S/C24H22FNO5/c1-2-22(27)26-11-10-15-6-7-18(30-14-19-8-9-21(31-19)24(28)29)13-20(15)23(26)16-4-3-5-17(25)12-16/h3-9,12-13,23H,2,10-11,14H2,1H3,(H,28,29). The summed E-state index contributed by atoms with van der Waals surface area (Å²) in [7, 11) is 0. The van der Waals surface area contributed by atoms with E-state index < -0.39 is 12.0 Å². The topological polar surface area (TPSA) is 80.0 Å². The highest BCUT2D eigenvalue weighted by atomic mass is 19.1. The molecule has 1 amide bonds. The number of nitrogens with zero attached hydrogens (tertiary/aromatic N) is 1. The third-order valence-electron chi connectivity index (χ3n) is 5.39. The van der Waals surface area contributed by atoms with E-state index in [2.05, 4.69) is 0 Å². The normalized spacial score (nSPS) is 15.4. The Balaban J connectivity index is 1.65. The number of fused-ring (bicyclic) bond motifs is 1. The Morgan fingerprint density at radius 1 is 1.19 bits per heavy atom. The maximum atomic E-state index is 14.0. The van der Waals surface area contributed by atoms with E-state index >= 15 is 0 Å². The van der Waals surface area contributed by atoms with Crippen LogP contribution in [0.3, 0.4) is 0 Å². The molecule has 1 atom stereocenters. The lowest BCUT2D eigenvalue weighted by Gasteiger charge is -2.38. The van der Waals surface area contributed by atoms with Crippen LogP contribution in [-0.4, -0.2) is 28.4 Å². The van der Waals surface area contributed by atoms with Crippen molar-refractivity contribution in [1.29, 1.82) is 0 Å². The fourth-order valence-electron chi connectivity index (χ4n) is 3.92. The molecule has 2 heterocycles. The zero-order valence-corrected chi connectivity index (χ0v) is 17.0. The van der Waals surface area contributed by atoms with Gasteiger partial charge in [-0.2, -0.15) is 0 Å². The molecule has 1 N–H and O–H groups in total. The van der Waals surface area contributed by atoms with Gasteiger partial charge in [0.1, 0.15) is 23.9 Å². The molecule has 1 unspecified atom stereocenters. The van der Waals surface area contributed by atoms with E-state index in [1.165, 1.54) is 18.2 Å². The average Bonchev–Trinajstić information content (AvgIpc) is 3.25. The molecule has 3 aromatic rings. The Kier molecular flexibility index (Phi) is 5.75. The van der Waals surface area contributed by atoms with Crippen LogP contribution in [0.15, 0.2) is 59.0 Å². The minimum atomic E-state index is -1.14. The van der Waals surface area contributed by atoms with Gasteiger partial charge in [0.25, 0.3) is 0 Å². The van der Waals surface area contributed by atoms with Gasteiger partial charge in [0, 0.05) is 13.0 Å². The molecule has 0 radical (unpaired) electrons. The summed E-state index contributed by atoms with van der Waals surface area (Å²) in [6.07, 6.45) is 1.06. The monoisotopic (exact) mass is 423 g/mol. The van der Waals surface area contributed by atoms with Gasteiger partial charge in [0.15, 0.2) is 0 Å². The van der Waals surface area contributed by atoms with Crippen molar-refractivity contribution in [2.45, 2.75) is 32.4 Å². The van der Waals surface area contributed by atoms with Gasteiger partial charge in [-0.15, -0.1) is 0 Å². The summed E-state index contributed by atoms with van der Waals surface area (Å²) in [6.45, 7) is 2.44. The first-order chi connectivity index (χ1) is 15.0. The fourth-order valence-corrected chi connectivity index (χ4v) is 3.92. The van der Waals surface area contributed by atoms with Gasteiger partial charge in [-0.05, 0) is 59.5 Å². The number of aromatic carboxylic acids is 1. The highest BCUT2D eigenvalue weighted by Crippen LogP contribution is 2.37. The molecule has 1 aromatic heterocycles. The van der Waals surface area contributed by atoms with Crippen molar-refractivity contribution in [2.75, 3.05) is 6.54 Å². The van der Waals surface area contributed by atoms with Crippen LogP contribution >= 0.6 is 0 Å². The first-order valence-corrected chi connectivity index (χ1v) is 10.1. The lowest BCUT2D eigenvalue weighted by atomic mass is 9.87. The van der Waals surface area contributed by atoms with Gasteiger partial charge in [-0.3, -0.25) is 4.79 Å². The van der Waals surface area contributed by atoms with E-state index in [1.54, 1.807) is 17.0 Å². The van der Waals surface area contributed by atoms with Crippen molar-refractivity contribution < 1.29 is 28.2 Å². The van der Waals surface area contributed by atoms with Crippen molar-refractivity contribution >= 4 is 11.9 Å². The number of carbonyl (C=O) groups is 2. The van der Waals surface area contributed by atoms with Gasteiger partial charge in [-0.1, -0.05) is 25.1 Å². The Bertz CT molecular complexity index is 1120. The Labute approximate surface area is 178 Å². The van der Waals surface area contributed by atoms with Crippen molar-refractivity contribution in [3.05, 3.63) is 88.6 Å². The summed E-state index contributed by atoms with van der Waals surface area (Å²) in [5.41, 5.74) is 2.67. The summed E-state index contributed by atoms with van der Waals surface area (Å²) in [5.74, 6) is -0.697. The van der Waals surface area contributed by atoms with Crippen LogP contribution < -0.4 is 4.74 Å². The smallest absolute Gasteiger partial charge is 0.371 e. The number of carboxylic acids is 1. The van der Waals surface area contributed by atoms with Crippen molar-refractivity contribution in [3.63, 3.8) is 0 Å². The van der Waals surface area contributed by atoms with Crippen LogP contribution in [0.4, 0.5) is 4.39 Å². The van der Waals surface area contributed by atoms with Crippen molar-refractivity contribution in [3.8, 4) is 5.75 Å². The third-order valence-corrected chi connectivity index (χ3v) is 5.39. The highest BCUT2D eigenvalue weighted by Gasteiger charge is 2.32. The average molecular weight is 423 g/mol. The zero-order valence-electron chi connectivity index (χ0n) is 17.0. The van der Waals surface area contributed by atoms with Crippen LogP contribution in [0.25, 0.3) is 0 Å². The number of ether oxygens (including phenoxy) is 1. The molecule has 1 aliphatic heterocycles. The van der Waals surface area contributed by atoms with Crippen LogP contribution in [0.2, 0.25) is 0 Å². The molecule has 7 heteroatoms. The maximum absolute atomic E-state index is 14.0. The summed E-state index contributed by atoms with van der Waals surface area (Å²) >= 11 is 0. The largest absolute Gasteiger partial charge is 0.486 e. The minimum absolute atomic E-state index is 0.00279. The summed E-state index contributed by atoms with van der Waals surface area (Å²) < 4.78 is 25.0. The molecular formula is C24H22FNO5. The predicted octanol–water partition coefficient (Wildman–Crippen LogP) is 4.58. The quantitative estimate of drug-likeness (QED) is 0.628. The number of benzene rings is 2. The Morgan fingerprint density at radius 3 is 2.74 bits per heavy atom. The molecule has 0 bridgehead atoms. The molecule has 2 aromatic carbocycles. The second kappa shape index (κ2) is 8.63. The van der Waals surface area contributed by atoms with E-state index in [-0.39, 0.29) is 24.1 Å². The van der Waals surface area contributed by atoms with Crippen LogP contribution in [0.1, 0.15) is 52.4 Å². The summed E-state index contributed by atoms with van der Waals surface area (Å²) in [5, 5.41) is 8.97. The zero-order chi connectivity index (χ0) is 22.0. The molecule has 4 rings (SSSR count). The van der Waals surface area contributed by atoms with Gasteiger partial charge < -0.3 is 19.2 Å². The van der Waals surface area contributed by atoms with Gasteiger partial charge in [0.05, 0.1) is 6.04 Å². The number of carbonyl (C=O) groups excluding carboxylic acids is 1. The predicted molar refractivity (Wildman–Crippen MR) is 110 cm³/mol. The number of hydrogen-bond donors (Lipinski definition) is 1. The second-order valence-corrected chi connectivity index (χ2v) is 7.37. The molecule has 0 saturated carbocycles.